The summed E-state index contributed by atoms with van der Waals surface area (Å²) in [6, 6.07) is 8.70. The number of hydrogen-bond donors (Lipinski definition) is 2. The van der Waals surface area contributed by atoms with E-state index in [-0.39, 0.29) is 28.2 Å². The molecule has 0 unspecified atom stereocenters. The number of sulfonamides is 1. The van der Waals surface area contributed by atoms with Crippen LogP contribution in [0.5, 0.6) is 5.88 Å². The van der Waals surface area contributed by atoms with Gasteiger partial charge >= 0.3 is 0 Å². The van der Waals surface area contributed by atoms with Crippen LogP contribution in [-0.2, 0) is 16.6 Å². The van der Waals surface area contributed by atoms with Crippen LogP contribution in [0.4, 0.5) is 11.5 Å². The van der Waals surface area contributed by atoms with Gasteiger partial charge in [0.05, 0.1) is 12.0 Å². The van der Waals surface area contributed by atoms with Gasteiger partial charge in [0.1, 0.15) is 12.1 Å². The van der Waals surface area contributed by atoms with Crippen molar-refractivity contribution in [3.63, 3.8) is 0 Å². The molecule has 2 N–H and O–H groups in total. The Labute approximate surface area is 161 Å². The van der Waals surface area contributed by atoms with Crippen LogP contribution in [0.2, 0.25) is 0 Å². The second-order valence-corrected chi connectivity index (χ2v) is 7.27. The summed E-state index contributed by atoms with van der Waals surface area (Å²) in [4.78, 5) is 19.9. The Kier molecular flexibility index (Phi) is 5.54. The standard InChI is InChI=1S/C17H18N6O4S/c1-3-23-9-8-14(21-23)17(24)20-12-4-6-13(7-5-12)28(25,26)22-15-10-16(27-2)19-11-18-15/h4-11H,3H2,1-2H3,(H,20,24)(H,18,19,22). The maximum atomic E-state index is 12.5. The largest absolute Gasteiger partial charge is 0.481 e. The van der Waals surface area contributed by atoms with Crippen molar-refractivity contribution in [1.29, 1.82) is 0 Å². The topological polar surface area (TPSA) is 128 Å². The Balaban J connectivity index is 1.71. The Hall–Kier alpha value is -3.47. The maximum absolute atomic E-state index is 12.5. The van der Waals surface area contributed by atoms with Crippen LogP contribution in [0.1, 0.15) is 17.4 Å². The maximum Gasteiger partial charge on any atom is 0.276 e. The number of nitrogens with zero attached hydrogens (tertiary/aromatic N) is 4. The number of ether oxygens (including phenoxy) is 1. The summed E-state index contributed by atoms with van der Waals surface area (Å²) < 4.78 is 33.9. The fraction of sp³-hybridized carbons (Fsp3) is 0.176. The van der Waals surface area contributed by atoms with Gasteiger partial charge in [-0.05, 0) is 37.3 Å². The molecule has 0 aliphatic rings. The number of aromatic nitrogens is 4. The van der Waals surface area contributed by atoms with Crippen LogP contribution < -0.4 is 14.8 Å². The molecule has 2 aromatic heterocycles. The molecule has 0 aliphatic heterocycles. The molecule has 0 spiro atoms. The van der Waals surface area contributed by atoms with Crippen LogP contribution in [0.15, 0.2) is 53.8 Å². The highest BCUT2D eigenvalue weighted by Crippen LogP contribution is 2.19. The van der Waals surface area contributed by atoms with E-state index in [0.29, 0.717) is 12.2 Å². The number of methoxy groups -OCH3 is 1. The summed E-state index contributed by atoms with van der Waals surface area (Å²) in [5, 5.41) is 6.79. The number of hydrogen-bond acceptors (Lipinski definition) is 7. The van der Waals surface area contributed by atoms with Crippen molar-refractivity contribution in [2.45, 2.75) is 18.4 Å². The SMILES string of the molecule is CCn1ccc(C(=O)Nc2ccc(S(=O)(=O)Nc3cc(OC)ncn3)cc2)n1. The molecule has 0 radical (unpaired) electrons. The lowest BCUT2D eigenvalue weighted by Crippen LogP contribution is -2.15. The van der Waals surface area contributed by atoms with E-state index in [1.54, 1.807) is 16.9 Å². The lowest BCUT2D eigenvalue weighted by Gasteiger charge is -2.09. The molecular weight excluding hydrogens is 384 g/mol. The number of benzene rings is 1. The second kappa shape index (κ2) is 8.05. The van der Waals surface area contributed by atoms with Crippen molar-refractivity contribution in [3.05, 3.63) is 54.6 Å². The first-order valence-corrected chi connectivity index (χ1v) is 9.73. The van der Waals surface area contributed by atoms with Crippen molar-refractivity contribution in [1.82, 2.24) is 19.7 Å². The van der Waals surface area contributed by atoms with E-state index in [1.807, 2.05) is 6.92 Å². The normalized spacial score (nSPS) is 11.1. The smallest absolute Gasteiger partial charge is 0.276 e. The van der Waals surface area contributed by atoms with Gasteiger partial charge in [0.2, 0.25) is 5.88 Å². The van der Waals surface area contributed by atoms with Crippen molar-refractivity contribution in [2.75, 3.05) is 17.1 Å². The Morgan fingerprint density at radius 3 is 2.57 bits per heavy atom. The summed E-state index contributed by atoms with van der Waals surface area (Å²) in [7, 11) is -2.44. The quantitative estimate of drug-likeness (QED) is 0.616. The zero-order chi connectivity index (χ0) is 20.1. The van der Waals surface area contributed by atoms with Gasteiger partial charge in [-0.15, -0.1) is 0 Å². The predicted molar refractivity (Wildman–Crippen MR) is 102 cm³/mol. The number of carbonyl (C=O) groups is 1. The Morgan fingerprint density at radius 1 is 1.18 bits per heavy atom. The molecule has 0 bridgehead atoms. The summed E-state index contributed by atoms with van der Waals surface area (Å²) >= 11 is 0. The van der Waals surface area contributed by atoms with E-state index in [4.69, 9.17) is 4.74 Å². The van der Waals surface area contributed by atoms with Gasteiger partial charge < -0.3 is 10.1 Å². The first-order valence-electron chi connectivity index (χ1n) is 8.25. The molecular formula is C17H18N6O4S. The van der Waals surface area contributed by atoms with Crippen molar-refractivity contribution >= 4 is 27.4 Å². The third kappa shape index (κ3) is 4.43. The minimum Gasteiger partial charge on any atom is -0.481 e. The zero-order valence-corrected chi connectivity index (χ0v) is 16.0. The summed E-state index contributed by atoms with van der Waals surface area (Å²) in [6.07, 6.45) is 2.90. The van der Waals surface area contributed by atoms with E-state index in [0.717, 1.165) is 0 Å². The number of amides is 1. The molecule has 146 valence electrons. The molecule has 28 heavy (non-hydrogen) atoms. The van der Waals surface area contributed by atoms with Gasteiger partial charge in [0.25, 0.3) is 15.9 Å². The van der Waals surface area contributed by atoms with Crippen molar-refractivity contribution in [3.8, 4) is 5.88 Å². The van der Waals surface area contributed by atoms with Crippen LogP contribution in [0.25, 0.3) is 0 Å². The van der Waals surface area contributed by atoms with Crippen LogP contribution in [0.3, 0.4) is 0 Å². The number of carbonyl (C=O) groups excluding carboxylic acids is 1. The van der Waals surface area contributed by atoms with Gasteiger partial charge in [-0.3, -0.25) is 14.2 Å². The minimum atomic E-state index is -3.86. The number of anilines is 2. The van der Waals surface area contributed by atoms with Crippen LogP contribution >= 0.6 is 0 Å². The number of nitrogens with one attached hydrogen (secondary N) is 2. The molecule has 3 rings (SSSR count). The lowest BCUT2D eigenvalue weighted by atomic mass is 10.3. The summed E-state index contributed by atoms with van der Waals surface area (Å²) in [5.74, 6) is -0.0685. The van der Waals surface area contributed by atoms with E-state index < -0.39 is 10.0 Å². The first kappa shape index (κ1) is 19.3. The number of aryl methyl sites for hydroxylation is 1. The highest BCUT2D eigenvalue weighted by atomic mass is 32.2. The Bertz CT molecular complexity index is 1080. The van der Waals surface area contributed by atoms with E-state index in [1.165, 1.54) is 43.8 Å². The van der Waals surface area contributed by atoms with Crippen LogP contribution in [0, 0.1) is 0 Å². The van der Waals surface area contributed by atoms with Gasteiger partial charge in [0.15, 0.2) is 5.69 Å². The minimum absolute atomic E-state index is 0.0124. The lowest BCUT2D eigenvalue weighted by molar-refractivity contribution is 0.102. The average Bonchev–Trinajstić information content (AvgIpc) is 3.18. The molecule has 1 aromatic carbocycles. The first-order chi connectivity index (χ1) is 13.4. The van der Waals surface area contributed by atoms with Crippen molar-refractivity contribution < 1.29 is 17.9 Å². The van der Waals surface area contributed by atoms with Gasteiger partial charge in [-0.25, -0.2) is 18.4 Å². The predicted octanol–water partition coefficient (Wildman–Crippen LogP) is 1.75. The summed E-state index contributed by atoms with van der Waals surface area (Å²) in [6.45, 7) is 2.57. The average molecular weight is 402 g/mol. The third-order valence-corrected chi connectivity index (χ3v) is 5.08. The second-order valence-electron chi connectivity index (χ2n) is 5.59. The molecule has 0 saturated heterocycles. The molecule has 0 fully saturated rings. The molecule has 0 atom stereocenters. The molecule has 0 aliphatic carbocycles. The van der Waals surface area contributed by atoms with Gasteiger partial charge in [-0.1, -0.05) is 0 Å². The highest BCUT2D eigenvalue weighted by molar-refractivity contribution is 7.92. The molecule has 10 nitrogen and oxygen atoms in total. The van der Waals surface area contributed by atoms with Gasteiger partial charge in [-0.2, -0.15) is 5.10 Å². The molecule has 0 saturated carbocycles. The van der Waals surface area contributed by atoms with E-state index in [9.17, 15) is 13.2 Å². The van der Waals surface area contributed by atoms with Crippen LogP contribution in [-0.4, -0.2) is 41.2 Å². The van der Waals surface area contributed by atoms with E-state index >= 15 is 0 Å². The number of rotatable bonds is 7. The Morgan fingerprint density at radius 2 is 1.93 bits per heavy atom. The fourth-order valence-corrected chi connectivity index (χ4v) is 3.27. The molecule has 3 aromatic rings. The summed E-state index contributed by atoms with van der Waals surface area (Å²) in [5.41, 5.74) is 0.719. The third-order valence-electron chi connectivity index (χ3n) is 3.71. The molecule has 1 amide bonds. The highest BCUT2D eigenvalue weighted by Gasteiger charge is 2.16. The zero-order valence-electron chi connectivity index (χ0n) is 15.2. The fourth-order valence-electron chi connectivity index (χ4n) is 2.27. The molecule has 2 heterocycles. The van der Waals surface area contributed by atoms with Crippen molar-refractivity contribution in [2.24, 2.45) is 0 Å². The van der Waals surface area contributed by atoms with E-state index in [2.05, 4.69) is 25.1 Å². The molecule has 11 heteroatoms. The monoisotopic (exact) mass is 402 g/mol. The van der Waals surface area contributed by atoms with Gasteiger partial charge in [0, 0.05) is 24.5 Å².